The smallest absolute Gasteiger partial charge is 0.316 e. The van der Waals surface area contributed by atoms with Crippen LogP contribution in [0.3, 0.4) is 0 Å². The van der Waals surface area contributed by atoms with Crippen molar-refractivity contribution in [2.24, 2.45) is 0 Å². The number of nitrogens with one attached hydrogen (secondary N) is 1. The van der Waals surface area contributed by atoms with Crippen molar-refractivity contribution in [2.45, 2.75) is 0 Å². The van der Waals surface area contributed by atoms with E-state index >= 15 is 0 Å². The van der Waals surface area contributed by atoms with Crippen LogP contribution in [0.1, 0.15) is 0 Å². The second kappa shape index (κ2) is 6.10. The molecule has 0 aliphatic rings. The van der Waals surface area contributed by atoms with Crippen LogP contribution in [0, 0.1) is 5.82 Å². The van der Waals surface area contributed by atoms with Gasteiger partial charge in [-0.25, -0.2) is 14.4 Å². The van der Waals surface area contributed by atoms with Crippen molar-refractivity contribution >= 4 is 23.2 Å². The molecule has 0 fully saturated rings. The average molecular weight is 282 g/mol. The lowest BCUT2D eigenvalue weighted by atomic mass is 10.3. The van der Waals surface area contributed by atoms with Gasteiger partial charge in [-0.1, -0.05) is 17.7 Å². The molecule has 0 saturated carbocycles. The molecule has 1 aromatic heterocycles. The Morgan fingerprint density at radius 2 is 2.05 bits per heavy atom. The Morgan fingerprint density at radius 3 is 2.79 bits per heavy atom. The number of aromatic nitrogens is 2. The number of halogens is 2. The van der Waals surface area contributed by atoms with E-state index in [9.17, 15) is 9.18 Å². The molecule has 0 radical (unpaired) electrons. The van der Waals surface area contributed by atoms with Crippen molar-refractivity contribution in [1.29, 1.82) is 0 Å². The summed E-state index contributed by atoms with van der Waals surface area (Å²) in [6.45, 7) is -0.323. The third-order valence-corrected chi connectivity index (χ3v) is 2.39. The van der Waals surface area contributed by atoms with Crippen LogP contribution < -0.4 is 10.1 Å². The predicted molar refractivity (Wildman–Crippen MR) is 67.6 cm³/mol. The first kappa shape index (κ1) is 13.2. The Balaban J connectivity index is 1.93. The number of hydrogen-bond donors (Lipinski definition) is 1. The third-order valence-electron chi connectivity index (χ3n) is 2.10. The SMILES string of the molecule is O=C(COc1ncccn1)Nc1cccc(Cl)c1F. The molecule has 2 rings (SSSR count). The zero-order valence-corrected chi connectivity index (χ0v) is 10.4. The number of carbonyl (C=O) groups excluding carboxylic acids is 1. The highest BCUT2D eigenvalue weighted by molar-refractivity contribution is 6.31. The zero-order chi connectivity index (χ0) is 13.7. The number of hydrogen-bond acceptors (Lipinski definition) is 4. The zero-order valence-electron chi connectivity index (χ0n) is 9.64. The molecular weight excluding hydrogens is 273 g/mol. The molecule has 1 aromatic carbocycles. The van der Waals surface area contributed by atoms with Crippen LogP contribution in [-0.2, 0) is 4.79 Å². The molecule has 7 heteroatoms. The number of rotatable bonds is 4. The van der Waals surface area contributed by atoms with Gasteiger partial charge < -0.3 is 10.1 Å². The Morgan fingerprint density at radius 1 is 1.32 bits per heavy atom. The van der Waals surface area contributed by atoms with E-state index in [4.69, 9.17) is 16.3 Å². The van der Waals surface area contributed by atoms with Crippen LogP contribution in [0.5, 0.6) is 6.01 Å². The van der Waals surface area contributed by atoms with Gasteiger partial charge in [0.2, 0.25) is 0 Å². The first-order chi connectivity index (χ1) is 9.16. The first-order valence-electron chi connectivity index (χ1n) is 5.30. The van der Waals surface area contributed by atoms with E-state index in [0.717, 1.165) is 0 Å². The molecule has 0 aliphatic carbocycles. The summed E-state index contributed by atoms with van der Waals surface area (Å²) in [4.78, 5) is 19.1. The van der Waals surface area contributed by atoms with Crippen molar-refractivity contribution in [3.63, 3.8) is 0 Å². The Labute approximate surface area is 113 Å². The fourth-order valence-electron chi connectivity index (χ4n) is 1.28. The maximum atomic E-state index is 13.5. The predicted octanol–water partition coefficient (Wildman–Crippen LogP) is 2.29. The van der Waals surface area contributed by atoms with Crippen molar-refractivity contribution in [1.82, 2.24) is 9.97 Å². The maximum absolute atomic E-state index is 13.5. The fourth-order valence-corrected chi connectivity index (χ4v) is 1.45. The van der Waals surface area contributed by atoms with Gasteiger partial charge in [-0.15, -0.1) is 0 Å². The fraction of sp³-hybridized carbons (Fsp3) is 0.0833. The van der Waals surface area contributed by atoms with Crippen LogP contribution in [0.2, 0.25) is 5.02 Å². The van der Waals surface area contributed by atoms with E-state index < -0.39 is 11.7 Å². The molecule has 0 bridgehead atoms. The first-order valence-corrected chi connectivity index (χ1v) is 5.68. The van der Waals surface area contributed by atoms with E-state index in [2.05, 4.69) is 15.3 Å². The van der Waals surface area contributed by atoms with Gasteiger partial charge in [0.1, 0.15) is 0 Å². The van der Waals surface area contributed by atoms with Crippen molar-refractivity contribution in [2.75, 3.05) is 11.9 Å². The number of nitrogens with zero attached hydrogens (tertiary/aromatic N) is 2. The van der Waals surface area contributed by atoms with Gasteiger partial charge in [0.15, 0.2) is 12.4 Å². The number of ether oxygens (including phenoxy) is 1. The van der Waals surface area contributed by atoms with E-state index in [0.29, 0.717) is 0 Å². The molecule has 0 aliphatic heterocycles. The van der Waals surface area contributed by atoms with Crippen molar-refractivity contribution in [3.8, 4) is 6.01 Å². The lowest BCUT2D eigenvalue weighted by Crippen LogP contribution is -2.21. The highest BCUT2D eigenvalue weighted by Crippen LogP contribution is 2.21. The van der Waals surface area contributed by atoms with Crippen LogP contribution in [0.4, 0.5) is 10.1 Å². The monoisotopic (exact) mass is 281 g/mol. The molecule has 0 saturated heterocycles. The van der Waals surface area contributed by atoms with Gasteiger partial charge in [-0.3, -0.25) is 4.79 Å². The van der Waals surface area contributed by atoms with E-state index in [1.54, 1.807) is 6.07 Å². The van der Waals surface area contributed by atoms with E-state index in [-0.39, 0.29) is 23.3 Å². The van der Waals surface area contributed by atoms with E-state index in [1.165, 1.54) is 30.6 Å². The highest BCUT2D eigenvalue weighted by atomic mass is 35.5. The van der Waals surface area contributed by atoms with Gasteiger partial charge in [0.05, 0.1) is 10.7 Å². The minimum absolute atomic E-state index is 0.00456. The summed E-state index contributed by atoms with van der Waals surface area (Å²) in [6.07, 6.45) is 2.97. The molecule has 1 heterocycles. The van der Waals surface area contributed by atoms with Gasteiger partial charge in [-0.2, -0.15) is 0 Å². The number of amides is 1. The summed E-state index contributed by atoms with van der Waals surface area (Å²) in [5.41, 5.74) is -0.00456. The summed E-state index contributed by atoms with van der Waals surface area (Å²) in [5.74, 6) is -1.22. The van der Waals surface area contributed by atoms with Crippen LogP contribution in [0.25, 0.3) is 0 Å². The second-order valence-electron chi connectivity index (χ2n) is 3.47. The topological polar surface area (TPSA) is 64.1 Å². The summed E-state index contributed by atoms with van der Waals surface area (Å²) >= 11 is 5.59. The summed E-state index contributed by atoms with van der Waals surface area (Å²) in [7, 11) is 0. The number of carbonyl (C=O) groups is 1. The standard InChI is InChI=1S/C12H9ClFN3O2/c13-8-3-1-4-9(11(8)14)17-10(18)7-19-12-15-5-2-6-16-12/h1-6H,7H2,(H,17,18). The summed E-state index contributed by atoms with van der Waals surface area (Å²) < 4.78 is 18.5. The van der Waals surface area contributed by atoms with E-state index in [1.807, 2.05) is 0 Å². The maximum Gasteiger partial charge on any atom is 0.316 e. The number of benzene rings is 1. The lowest BCUT2D eigenvalue weighted by Gasteiger charge is -2.07. The molecule has 5 nitrogen and oxygen atoms in total. The van der Waals surface area contributed by atoms with Crippen molar-refractivity contribution < 1.29 is 13.9 Å². The van der Waals surface area contributed by atoms with Crippen LogP contribution in [0.15, 0.2) is 36.7 Å². The third kappa shape index (κ3) is 3.62. The van der Waals surface area contributed by atoms with Gasteiger partial charge in [-0.05, 0) is 18.2 Å². The minimum Gasteiger partial charge on any atom is -0.453 e. The molecule has 0 atom stereocenters. The Bertz CT molecular complexity index is 580. The molecule has 1 amide bonds. The second-order valence-corrected chi connectivity index (χ2v) is 3.88. The molecule has 19 heavy (non-hydrogen) atoms. The Hall–Kier alpha value is -2.21. The van der Waals surface area contributed by atoms with Gasteiger partial charge in [0, 0.05) is 12.4 Å². The van der Waals surface area contributed by atoms with Crippen LogP contribution >= 0.6 is 11.6 Å². The molecule has 0 spiro atoms. The quantitative estimate of drug-likeness (QED) is 0.934. The molecular formula is C12H9ClFN3O2. The summed E-state index contributed by atoms with van der Waals surface area (Å²) in [6, 6.07) is 6.01. The van der Waals surface area contributed by atoms with Gasteiger partial charge in [0.25, 0.3) is 5.91 Å². The van der Waals surface area contributed by atoms with Crippen LogP contribution in [-0.4, -0.2) is 22.5 Å². The molecule has 98 valence electrons. The summed E-state index contributed by atoms with van der Waals surface area (Å²) in [5, 5.41) is 2.28. The minimum atomic E-state index is -0.687. The molecule has 1 N–H and O–H groups in total. The molecule has 0 unspecified atom stereocenters. The average Bonchev–Trinajstić information content (AvgIpc) is 2.43. The Kier molecular flexibility index (Phi) is 4.25. The normalized spacial score (nSPS) is 10.0. The largest absolute Gasteiger partial charge is 0.453 e. The highest BCUT2D eigenvalue weighted by Gasteiger charge is 2.10. The molecule has 2 aromatic rings. The van der Waals surface area contributed by atoms with Gasteiger partial charge >= 0.3 is 6.01 Å². The lowest BCUT2D eigenvalue weighted by molar-refractivity contribution is -0.118. The number of anilines is 1. The van der Waals surface area contributed by atoms with Crippen molar-refractivity contribution in [3.05, 3.63) is 47.5 Å².